The molecule has 100 valence electrons. The van der Waals surface area contributed by atoms with Crippen LogP contribution in [0.25, 0.3) is 0 Å². The van der Waals surface area contributed by atoms with Crippen LogP contribution in [0.5, 0.6) is 0 Å². The van der Waals surface area contributed by atoms with Crippen molar-refractivity contribution < 1.29 is 0 Å². The molecule has 2 aromatic rings. The van der Waals surface area contributed by atoms with Crippen molar-refractivity contribution in [3.63, 3.8) is 0 Å². The Kier molecular flexibility index (Phi) is 4.74. The molecule has 1 heterocycles. The Morgan fingerprint density at radius 3 is 2.95 bits per heavy atom. The number of aryl methyl sites for hydroxylation is 1. The molecular weight excluding hydrogens is 298 g/mol. The zero-order chi connectivity index (χ0) is 13.8. The molecule has 0 unspecified atom stereocenters. The molecule has 0 fully saturated rings. The van der Waals surface area contributed by atoms with Crippen LogP contribution in [0.3, 0.4) is 0 Å². The van der Waals surface area contributed by atoms with Crippen LogP contribution in [0.15, 0.2) is 23.6 Å². The van der Waals surface area contributed by atoms with Gasteiger partial charge in [-0.1, -0.05) is 23.8 Å². The van der Waals surface area contributed by atoms with Gasteiger partial charge in [-0.3, -0.25) is 0 Å². The summed E-state index contributed by atoms with van der Waals surface area (Å²) in [5, 5.41) is 7.13. The van der Waals surface area contributed by atoms with Gasteiger partial charge in [-0.25, -0.2) is 4.98 Å². The van der Waals surface area contributed by atoms with Crippen LogP contribution in [-0.2, 0) is 6.42 Å². The fourth-order valence-corrected chi connectivity index (χ4v) is 2.83. The van der Waals surface area contributed by atoms with Crippen molar-refractivity contribution in [3.8, 4) is 0 Å². The molecule has 0 radical (unpaired) electrons. The monoisotopic (exact) mass is 311 g/mol. The normalized spacial score (nSPS) is 10.4. The van der Waals surface area contributed by atoms with Crippen molar-refractivity contribution in [2.75, 3.05) is 11.9 Å². The summed E-state index contributed by atoms with van der Waals surface area (Å²) in [7, 11) is 0. The van der Waals surface area contributed by atoms with Crippen LogP contribution in [0, 0.1) is 6.92 Å². The standard InChI is InChI=1S/C13H14ClN3S2/c1-8-7-19-12(17-8)4-5-16-11-6-9(14)2-3-10(11)13(15)18/h2-3,6-7,16H,4-5H2,1H3,(H2,15,18). The second-order valence-electron chi connectivity index (χ2n) is 4.11. The van der Waals surface area contributed by atoms with Crippen LogP contribution < -0.4 is 11.1 Å². The molecule has 0 saturated heterocycles. The molecule has 0 saturated carbocycles. The summed E-state index contributed by atoms with van der Waals surface area (Å²) in [6, 6.07) is 5.45. The van der Waals surface area contributed by atoms with Gasteiger partial charge in [-0.05, 0) is 25.1 Å². The zero-order valence-electron chi connectivity index (χ0n) is 10.4. The van der Waals surface area contributed by atoms with E-state index in [1.165, 1.54) is 0 Å². The number of benzene rings is 1. The summed E-state index contributed by atoms with van der Waals surface area (Å²) in [5.41, 5.74) is 8.43. The first-order valence-corrected chi connectivity index (χ1v) is 7.47. The van der Waals surface area contributed by atoms with E-state index in [2.05, 4.69) is 15.7 Å². The minimum Gasteiger partial charge on any atom is -0.389 e. The number of anilines is 1. The second kappa shape index (κ2) is 6.32. The average molecular weight is 312 g/mol. The van der Waals surface area contributed by atoms with Crippen molar-refractivity contribution in [3.05, 3.63) is 44.9 Å². The number of thiocarbonyl (C=S) groups is 1. The Balaban J connectivity index is 2.02. The minimum atomic E-state index is 0.365. The van der Waals surface area contributed by atoms with E-state index in [0.717, 1.165) is 34.9 Å². The van der Waals surface area contributed by atoms with Gasteiger partial charge in [0.2, 0.25) is 0 Å². The van der Waals surface area contributed by atoms with Gasteiger partial charge >= 0.3 is 0 Å². The Morgan fingerprint density at radius 1 is 1.53 bits per heavy atom. The number of nitrogens with zero attached hydrogens (tertiary/aromatic N) is 1. The molecule has 0 atom stereocenters. The van der Waals surface area contributed by atoms with E-state index in [0.29, 0.717) is 10.0 Å². The van der Waals surface area contributed by atoms with Crippen molar-refractivity contribution in [1.29, 1.82) is 0 Å². The molecule has 1 aromatic heterocycles. The van der Waals surface area contributed by atoms with Gasteiger partial charge in [0.15, 0.2) is 0 Å². The van der Waals surface area contributed by atoms with Gasteiger partial charge in [-0.2, -0.15) is 0 Å². The lowest BCUT2D eigenvalue weighted by molar-refractivity contribution is 0.986. The number of nitrogens with one attached hydrogen (secondary N) is 1. The highest BCUT2D eigenvalue weighted by atomic mass is 35.5. The van der Waals surface area contributed by atoms with Crippen LogP contribution in [0.1, 0.15) is 16.3 Å². The van der Waals surface area contributed by atoms with Crippen LogP contribution in [-0.4, -0.2) is 16.5 Å². The third-order valence-corrected chi connectivity index (χ3v) is 4.05. The molecule has 3 nitrogen and oxygen atoms in total. The second-order valence-corrected chi connectivity index (χ2v) is 5.93. The number of rotatable bonds is 5. The number of nitrogens with two attached hydrogens (primary N) is 1. The zero-order valence-corrected chi connectivity index (χ0v) is 12.8. The van der Waals surface area contributed by atoms with Gasteiger partial charge in [0.05, 0.1) is 5.01 Å². The lowest BCUT2D eigenvalue weighted by atomic mass is 10.1. The highest BCUT2D eigenvalue weighted by molar-refractivity contribution is 7.80. The highest BCUT2D eigenvalue weighted by Crippen LogP contribution is 2.21. The topological polar surface area (TPSA) is 50.9 Å². The fraction of sp³-hybridized carbons (Fsp3) is 0.231. The number of halogens is 1. The quantitative estimate of drug-likeness (QED) is 0.831. The molecular formula is C13H14ClN3S2. The van der Waals surface area contributed by atoms with Crippen molar-refractivity contribution in [1.82, 2.24) is 4.98 Å². The Hall–Kier alpha value is -1.17. The highest BCUT2D eigenvalue weighted by Gasteiger charge is 2.06. The third kappa shape index (κ3) is 3.89. The lowest BCUT2D eigenvalue weighted by Gasteiger charge is -2.11. The van der Waals surface area contributed by atoms with E-state index in [4.69, 9.17) is 29.6 Å². The van der Waals surface area contributed by atoms with E-state index in [-0.39, 0.29) is 0 Å². The molecule has 0 spiro atoms. The summed E-state index contributed by atoms with van der Waals surface area (Å²) in [5.74, 6) is 0. The smallest absolute Gasteiger partial charge is 0.106 e. The Bertz CT molecular complexity index is 595. The van der Waals surface area contributed by atoms with E-state index < -0.39 is 0 Å². The van der Waals surface area contributed by atoms with Crippen LogP contribution >= 0.6 is 35.2 Å². The summed E-state index contributed by atoms with van der Waals surface area (Å²) in [6.45, 7) is 2.76. The van der Waals surface area contributed by atoms with Crippen molar-refractivity contribution >= 4 is 45.8 Å². The van der Waals surface area contributed by atoms with E-state index in [1.807, 2.05) is 19.1 Å². The SMILES string of the molecule is Cc1csc(CCNc2cc(Cl)ccc2C(N)=S)n1. The Morgan fingerprint density at radius 2 is 2.32 bits per heavy atom. The molecule has 0 aliphatic rings. The van der Waals surface area contributed by atoms with Crippen LogP contribution in [0.2, 0.25) is 5.02 Å². The van der Waals surface area contributed by atoms with E-state index in [9.17, 15) is 0 Å². The maximum Gasteiger partial charge on any atom is 0.106 e. The lowest BCUT2D eigenvalue weighted by Crippen LogP contribution is -2.14. The van der Waals surface area contributed by atoms with Crippen LogP contribution in [0.4, 0.5) is 5.69 Å². The first-order chi connectivity index (χ1) is 9.06. The molecule has 19 heavy (non-hydrogen) atoms. The largest absolute Gasteiger partial charge is 0.389 e. The van der Waals surface area contributed by atoms with Gasteiger partial charge in [0.25, 0.3) is 0 Å². The maximum absolute atomic E-state index is 5.99. The molecule has 6 heteroatoms. The average Bonchev–Trinajstić information content (AvgIpc) is 2.75. The predicted molar refractivity (Wildman–Crippen MR) is 86.4 cm³/mol. The van der Waals surface area contributed by atoms with Gasteiger partial charge in [-0.15, -0.1) is 11.3 Å². The Labute approximate surface area is 126 Å². The maximum atomic E-state index is 5.99. The molecule has 3 N–H and O–H groups in total. The molecule has 1 aromatic carbocycles. The molecule has 0 amide bonds. The molecule has 0 aliphatic carbocycles. The number of aromatic nitrogens is 1. The van der Waals surface area contributed by atoms with Gasteiger partial charge in [0, 0.05) is 40.3 Å². The van der Waals surface area contributed by atoms with Gasteiger partial charge < -0.3 is 11.1 Å². The predicted octanol–water partition coefficient (Wildman–Crippen LogP) is 3.39. The van der Waals surface area contributed by atoms with Crippen molar-refractivity contribution in [2.45, 2.75) is 13.3 Å². The number of hydrogen-bond acceptors (Lipinski definition) is 4. The first-order valence-electron chi connectivity index (χ1n) is 5.80. The minimum absolute atomic E-state index is 0.365. The number of hydrogen-bond donors (Lipinski definition) is 2. The molecule has 0 aliphatic heterocycles. The first kappa shape index (κ1) is 14.2. The summed E-state index contributed by atoms with van der Waals surface area (Å²) in [6.07, 6.45) is 0.863. The van der Waals surface area contributed by atoms with Gasteiger partial charge in [0.1, 0.15) is 4.99 Å². The number of thiazole rings is 1. The molecule has 0 bridgehead atoms. The third-order valence-electron chi connectivity index (χ3n) is 2.57. The summed E-state index contributed by atoms with van der Waals surface area (Å²) >= 11 is 12.7. The van der Waals surface area contributed by atoms with Crippen molar-refractivity contribution in [2.24, 2.45) is 5.73 Å². The fourth-order valence-electron chi connectivity index (χ4n) is 1.70. The van der Waals surface area contributed by atoms with E-state index in [1.54, 1.807) is 17.4 Å². The molecule has 2 rings (SSSR count). The summed E-state index contributed by atoms with van der Waals surface area (Å²) in [4.78, 5) is 4.78. The summed E-state index contributed by atoms with van der Waals surface area (Å²) < 4.78 is 0. The van der Waals surface area contributed by atoms with E-state index >= 15 is 0 Å².